The molecule has 8 heteroatoms. The van der Waals surface area contributed by atoms with Crippen molar-refractivity contribution in [1.82, 2.24) is 19.2 Å². The van der Waals surface area contributed by atoms with Crippen LogP contribution in [0.25, 0.3) is 16.7 Å². The Hall–Kier alpha value is -3.91. The molecule has 164 valence electrons. The first kappa shape index (κ1) is 21.0. The highest BCUT2D eigenvalue weighted by Gasteiger charge is 2.19. The van der Waals surface area contributed by atoms with E-state index in [1.54, 1.807) is 29.9 Å². The quantitative estimate of drug-likeness (QED) is 0.271. The summed E-state index contributed by atoms with van der Waals surface area (Å²) >= 11 is 1.28. The normalized spacial score (nSPS) is 11.2. The van der Waals surface area contributed by atoms with Gasteiger partial charge in [-0.3, -0.25) is 18.6 Å². The van der Waals surface area contributed by atoms with Crippen molar-refractivity contribution in [2.45, 2.75) is 11.7 Å². The zero-order chi connectivity index (χ0) is 22.8. The van der Waals surface area contributed by atoms with Gasteiger partial charge in [0.1, 0.15) is 5.75 Å². The minimum atomic E-state index is -0.129. The third kappa shape index (κ3) is 3.89. The van der Waals surface area contributed by atoms with E-state index in [2.05, 4.69) is 10.2 Å². The van der Waals surface area contributed by atoms with Crippen LogP contribution in [0.3, 0.4) is 0 Å². The number of hydrogen-bond donors (Lipinski definition) is 0. The topological polar surface area (TPSA) is 78.5 Å². The average Bonchev–Trinajstić information content (AvgIpc) is 3.29. The smallest absolute Gasteiger partial charge is 0.263 e. The third-order valence-corrected chi connectivity index (χ3v) is 6.33. The second-order valence-electron chi connectivity index (χ2n) is 7.42. The zero-order valence-electron chi connectivity index (χ0n) is 17.8. The number of aromatic nitrogens is 4. The summed E-state index contributed by atoms with van der Waals surface area (Å²) in [5, 5.41) is 9.77. The van der Waals surface area contributed by atoms with Gasteiger partial charge in [-0.05, 0) is 29.8 Å². The molecule has 2 aromatic heterocycles. The van der Waals surface area contributed by atoms with Crippen LogP contribution in [-0.2, 0) is 6.54 Å². The number of nitrogens with zero attached hydrogens (tertiary/aromatic N) is 4. The summed E-state index contributed by atoms with van der Waals surface area (Å²) in [5.41, 5.74) is 2.09. The zero-order valence-corrected chi connectivity index (χ0v) is 18.7. The monoisotopic (exact) mass is 456 g/mol. The molecule has 0 saturated carbocycles. The van der Waals surface area contributed by atoms with Crippen molar-refractivity contribution >= 4 is 34.2 Å². The molecule has 0 spiro atoms. The third-order valence-electron chi connectivity index (χ3n) is 5.40. The Morgan fingerprint density at radius 3 is 2.48 bits per heavy atom. The molecule has 0 bridgehead atoms. The Kier molecular flexibility index (Phi) is 5.66. The number of Topliss-reactive ketones (excluding diaryl/α,β-unsaturated/α-hetero) is 1. The molecule has 0 aliphatic heterocycles. The van der Waals surface area contributed by atoms with Crippen LogP contribution >= 0.6 is 11.8 Å². The van der Waals surface area contributed by atoms with Gasteiger partial charge in [0.05, 0.1) is 35.9 Å². The summed E-state index contributed by atoms with van der Waals surface area (Å²) in [4.78, 5) is 26.2. The molecule has 0 fully saturated rings. The van der Waals surface area contributed by atoms with Gasteiger partial charge in [0, 0.05) is 0 Å². The summed E-state index contributed by atoms with van der Waals surface area (Å²) in [6.07, 6.45) is 0. The van der Waals surface area contributed by atoms with Crippen molar-refractivity contribution < 1.29 is 9.53 Å². The molecule has 0 saturated heterocycles. The number of para-hydroxylation sites is 2. The molecule has 0 aliphatic carbocycles. The highest BCUT2D eigenvalue weighted by molar-refractivity contribution is 7.99. The van der Waals surface area contributed by atoms with E-state index in [0.29, 0.717) is 39.7 Å². The SMILES string of the molecule is COc1ccccc1C(=O)CSc1nnc2n(Cc3ccccc3)c(=O)c3ccccc3n12. The number of rotatable bonds is 7. The first-order valence-electron chi connectivity index (χ1n) is 10.4. The maximum atomic E-state index is 13.3. The molecule has 0 N–H and O–H groups in total. The predicted octanol–water partition coefficient (Wildman–Crippen LogP) is 4.08. The fourth-order valence-electron chi connectivity index (χ4n) is 3.82. The molecule has 0 amide bonds. The number of ether oxygens (including phenoxy) is 1. The van der Waals surface area contributed by atoms with Crippen molar-refractivity contribution in [3.8, 4) is 5.75 Å². The standard InChI is InChI=1S/C25H20N4O3S/c1-32-22-14-8-6-12-19(22)21(30)16-33-25-27-26-24-28(15-17-9-3-2-4-10-17)23(31)18-11-5-7-13-20(18)29(24)25/h2-14H,15-16H2,1H3. The van der Waals surface area contributed by atoms with Gasteiger partial charge in [-0.2, -0.15) is 0 Å². The Labute approximate surface area is 193 Å². The highest BCUT2D eigenvalue weighted by Crippen LogP contribution is 2.25. The fourth-order valence-corrected chi connectivity index (χ4v) is 4.64. The number of fused-ring (bicyclic) bond motifs is 3. The van der Waals surface area contributed by atoms with Crippen LogP contribution in [-0.4, -0.2) is 37.8 Å². The summed E-state index contributed by atoms with van der Waals surface area (Å²) < 4.78 is 8.78. The minimum Gasteiger partial charge on any atom is -0.496 e. The van der Waals surface area contributed by atoms with Gasteiger partial charge < -0.3 is 4.74 Å². The summed E-state index contributed by atoms with van der Waals surface area (Å²) in [6.45, 7) is 0.372. The van der Waals surface area contributed by atoms with Gasteiger partial charge in [-0.25, -0.2) is 0 Å². The number of ketones is 1. The number of carbonyl (C=O) groups is 1. The molecule has 3 aromatic carbocycles. The second kappa shape index (κ2) is 8.91. The van der Waals surface area contributed by atoms with E-state index in [-0.39, 0.29) is 17.1 Å². The molecule has 0 atom stereocenters. The molecule has 0 radical (unpaired) electrons. The van der Waals surface area contributed by atoms with Crippen LogP contribution in [0.2, 0.25) is 0 Å². The lowest BCUT2D eigenvalue weighted by Crippen LogP contribution is -2.24. The van der Waals surface area contributed by atoms with E-state index in [0.717, 1.165) is 5.56 Å². The molecule has 7 nitrogen and oxygen atoms in total. The lowest BCUT2D eigenvalue weighted by atomic mass is 10.1. The van der Waals surface area contributed by atoms with E-state index in [1.807, 2.05) is 65.1 Å². The largest absolute Gasteiger partial charge is 0.496 e. The van der Waals surface area contributed by atoms with Gasteiger partial charge in [0.25, 0.3) is 5.56 Å². The summed E-state index contributed by atoms with van der Waals surface area (Å²) in [6, 6.07) is 24.3. The van der Waals surface area contributed by atoms with Crippen molar-refractivity contribution in [3.63, 3.8) is 0 Å². The van der Waals surface area contributed by atoms with Gasteiger partial charge >= 0.3 is 0 Å². The van der Waals surface area contributed by atoms with Gasteiger partial charge in [-0.1, -0.05) is 66.4 Å². The number of thioether (sulfide) groups is 1. The van der Waals surface area contributed by atoms with Crippen LogP contribution in [0, 0.1) is 0 Å². The van der Waals surface area contributed by atoms with E-state index < -0.39 is 0 Å². The summed E-state index contributed by atoms with van der Waals surface area (Å²) in [7, 11) is 1.55. The Balaban J connectivity index is 1.57. The Morgan fingerprint density at radius 2 is 1.67 bits per heavy atom. The number of hydrogen-bond acceptors (Lipinski definition) is 6. The van der Waals surface area contributed by atoms with E-state index >= 15 is 0 Å². The van der Waals surface area contributed by atoms with Crippen molar-refractivity contribution in [1.29, 1.82) is 0 Å². The lowest BCUT2D eigenvalue weighted by molar-refractivity contribution is 0.101. The van der Waals surface area contributed by atoms with Crippen molar-refractivity contribution in [2.75, 3.05) is 12.9 Å². The van der Waals surface area contributed by atoms with E-state index in [1.165, 1.54) is 11.8 Å². The molecule has 0 aliphatic rings. The number of carbonyl (C=O) groups excluding carboxylic acids is 1. The first-order valence-corrected chi connectivity index (χ1v) is 11.4. The summed E-state index contributed by atoms with van der Waals surface area (Å²) in [5.74, 6) is 1.06. The highest BCUT2D eigenvalue weighted by atomic mass is 32.2. The minimum absolute atomic E-state index is 0.0730. The van der Waals surface area contributed by atoms with Crippen molar-refractivity contribution in [2.24, 2.45) is 0 Å². The van der Waals surface area contributed by atoms with Gasteiger partial charge in [0.15, 0.2) is 10.9 Å². The van der Waals surface area contributed by atoms with Crippen molar-refractivity contribution in [3.05, 3.63) is 100 Å². The van der Waals surface area contributed by atoms with E-state index in [9.17, 15) is 9.59 Å². The molecular formula is C25H20N4O3S. The molecule has 5 rings (SSSR count). The maximum Gasteiger partial charge on any atom is 0.263 e. The fraction of sp³-hybridized carbons (Fsp3) is 0.120. The molecule has 2 heterocycles. The number of methoxy groups -OCH3 is 1. The predicted molar refractivity (Wildman–Crippen MR) is 128 cm³/mol. The lowest BCUT2D eigenvalue weighted by Gasteiger charge is -2.11. The molecule has 33 heavy (non-hydrogen) atoms. The van der Waals surface area contributed by atoms with Crippen LogP contribution in [0.5, 0.6) is 5.75 Å². The average molecular weight is 457 g/mol. The molecular weight excluding hydrogens is 436 g/mol. The number of benzene rings is 3. The second-order valence-corrected chi connectivity index (χ2v) is 8.37. The molecule has 0 unspecified atom stereocenters. The first-order chi connectivity index (χ1) is 16.2. The van der Waals surface area contributed by atoms with Gasteiger partial charge in [0.2, 0.25) is 5.78 Å². The van der Waals surface area contributed by atoms with Crippen LogP contribution in [0.1, 0.15) is 15.9 Å². The van der Waals surface area contributed by atoms with Gasteiger partial charge in [-0.15, -0.1) is 10.2 Å². The Bertz CT molecular complexity index is 1530. The van der Waals surface area contributed by atoms with Crippen LogP contribution in [0.4, 0.5) is 0 Å². The van der Waals surface area contributed by atoms with Crippen LogP contribution in [0.15, 0.2) is 88.8 Å². The Morgan fingerprint density at radius 1 is 0.939 bits per heavy atom. The van der Waals surface area contributed by atoms with E-state index in [4.69, 9.17) is 4.74 Å². The van der Waals surface area contributed by atoms with Crippen LogP contribution < -0.4 is 10.3 Å². The molecule has 5 aromatic rings. The maximum absolute atomic E-state index is 13.3.